The summed E-state index contributed by atoms with van der Waals surface area (Å²) < 4.78 is 1.79. The zero-order valence-corrected chi connectivity index (χ0v) is 14.8. The second-order valence-electron chi connectivity index (χ2n) is 5.35. The van der Waals surface area contributed by atoms with E-state index in [9.17, 15) is 9.59 Å². The number of urea groups is 1. The summed E-state index contributed by atoms with van der Waals surface area (Å²) in [5.41, 5.74) is 0.923. The Balaban J connectivity index is 2.07. The molecule has 0 saturated heterocycles. The van der Waals surface area contributed by atoms with Gasteiger partial charge in [0.25, 0.3) is 0 Å². The van der Waals surface area contributed by atoms with Crippen LogP contribution in [-0.4, -0.2) is 39.0 Å². The first kappa shape index (κ1) is 18.0. The highest BCUT2D eigenvalue weighted by Gasteiger charge is 2.16. The van der Waals surface area contributed by atoms with Crippen molar-refractivity contribution in [2.24, 2.45) is 0 Å². The zero-order valence-electron chi connectivity index (χ0n) is 13.9. The van der Waals surface area contributed by atoms with Gasteiger partial charge in [-0.25, -0.2) is 14.5 Å². The Kier molecular flexibility index (Phi) is 6.36. The second-order valence-corrected chi connectivity index (χ2v) is 6.29. The average molecular weight is 347 g/mol. The van der Waals surface area contributed by atoms with Gasteiger partial charge in [-0.15, -0.1) is 5.10 Å². The number of imide groups is 1. The van der Waals surface area contributed by atoms with Gasteiger partial charge in [0.2, 0.25) is 11.1 Å². The molecule has 0 aliphatic rings. The number of amides is 3. The van der Waals surface area contributed by atoms with Crippen LogP contribution in [0.3, 0.4) is 0 Å². The minimum absolute atomic E-state index is 0.0769. The molecule has 0 atom stereocenters. The molecule has 0 radical (unpaired) electrons. The molecule has 7 nitrogen and oxygen atoms in total. The van der Waals surface area contributed by atoms with Crippen molar-refractivity contribution in [2.45, 2.75) is 31.8 Å². The predicted octanol–water partition coefficient (Wildman–Crippen LogP) is 2.33. The maximum atomic E-state index is 11.7. The standard InChI is InChI=1S/C16H21N5O2S/c1-4-17-15(23)18-13(22)10-24-16-19-14(11(2)3)21(20-16)12-8-6-5-7-9-12/h5-9,11H,4,10H2,1-3H3,(H2,17,18,22,23). The minimum atomic E-state index is -0.492. The van der Waals surface area contributed by atoms with E-state index in [2.05, 4.69) is 20.7 Å². The van der Waals surface area contributed by atoms with Gasteiger partial charge in [0, 0.05) is 12.5 Å². The summed E-state index contributed by atoms with van der Waals surface area (Å²) in [6, 6.07) is 9.24. The smallest absolute Gasteiger partial charge is 0.321 e. The molecule has 0 bridgehead atoms. The number of hydrogen-bond acceptors (Lipinski definition) is 5. The monoisotopic (exact) mass is 347 g/mol. The lowest BCUT2D eigenvalue weighted by Crippen LogP contribution is -2.40. The second kappa shape index (κ2) is 8.49. The van der Waals surface area contributed by atoms with Crippen LogP contribution in [0.15, 0.2) is 35.5 Å². The van der Waals surface area contributed by atoms with E-state index < -0.39 is 6.03 Å². The molecule has 2 rings (SSSR count). The van der Waals surface area contributed by atoms with Gasteiger partial charge in [0.1, 0.15) is 5.82 Å². The van der Waals surface area contributed by atoms with Gasteiger partial charge < -0.3 is 5.32 Å². The van der Waals surface area contributed by atoms with Crippen molar-refractivity contribution >= 4 is 23.7 Å². The summed E-state index contributed by atoms with van der Waals surface area (Å²) in [4.78, 5) is 27.6. The van der Waals surface area contributed by atoms with Crippen LogP contribution in [0.2, 0.25) is 0 Å². The predicted molar refractivity (Wildman–Crippen MR) is 93.4 cm³/mol. The van der Waals surface area contributed by atoms with E-state index in [4.69, 9.17) is 0 Å². The number of para-hydroxylation sites is 1. The number of nitrogens with zero attached hydrogens (tertiary/aromatic N) is 3. The van der Waals surface area contributed by atoms with Crippen LogP contribution < -0.4 is 10.6 Å². The molecule has 3 amide bonds. The number of aromatic nitrogens is 3. The summed E-state index contributed by atoms with van der Waals surface area (Å²) in [7, 11) is 0. The highest BCUT2D eigenvalue weighted by molar-refractivity contribution is 7.99. The molecule has 1 heterocycles. The normalized spacial score (nSPS) is 10.7. The molecule has 2 N–H and O–H groups in total. The highest BCUT2D eigenvalue weighted by Crippen LogP contribution is 2.21. The summed E-state index contributed by atoms with van der Waals surface area (Å²) in [6.45, 7) is 6.33. The molecule has 128 valence electrons. The van der Waals surface area contributed by atoms with Gasteiger partial charge in [0.05, 0.1) is 11.4 Å². The number of rotatable bonds is 6. The van der Waals surface area contributed by atoms with Gasteiger partial charge >= 0.3 is 6.03 Å². The molecule has 0 fully saturated rings. The minimum Gasteiger partial charge on any atom is -0.338 e. The third-order valence-electron chi connectivity index (χ3n) is 3.05. The molecule has 2 aromatic rings. The van der Waals surface area contributed by atoms with Crippen LogP contribution in [-0.2, 0) is 4.79 Å². The Hall–Kier alpha value is -2.35. The Morgan fingerprint density at radius 1 is 1.25 bits per heavy atom. The Labute approximate surface area is 145 Å². The van der Waals surface area contributed by atoms with Gasteiger partial charge in [-0.2, -0.15) is 0 Å². The van der Waals surface area contributed by atoms with Crippen LogP contribution in [0.5, 0.6) is 0 Å². The van der Waals surface area contributed by atoms with Gasteiger partial charge in [-0.3, -0.25) is 10.1 Å². The number of nitrogens with one attached hydrogen (secondary N) is 2. The largest absolute Gasteiger partial charge is 0.338 e. The van der Waals surface area contributed by atoms with E-state index in [0.717, 1.165) is 11.5 Å². The van der Waals surface area contributed by atoms with Crippen LogP contribution in [0.1, 0.15) is 32.5 Å². The molecular weight excluding hydrogens is 326 g/mol. The zero-order chi connectivity index (χ0) is 17.5. The number of carbonyl (C=O) groups excluding carboxylic acids is 2. The number of hydrogen-bond donors (Lipinski definition) is 2. The first-order valence-corrected chi connectivity index (χ1v) is 8.72. The van der Waals surface area contributed by atoms with Crippen molar-refractivity contribution < 1.29 is 9.59 Å². The van der Waals surface area contributed by atoms with Crippen molar-refractivity contribution in [3.8, 4) is 5.69 Å². The molecule has 0 unspecified atom stereocenters. The van der Waals surface area contributed by atoms with E-state index in [1.165, 1.54) is 11.8 Å². The number of benzene rings is 1. The van der Waals surface area contributed by atoms with Crippen molar-refractivity contribution in [3.63, 3.8) is 0 Å². The quantitative estimate of drug-likeness (QED) is 0.783. The number of thioether (sulfide) groups is 1. The topological polar surface area (TPSA) is 88.9 Å². The van der Waals surface area contributed by atoms with Gasteiger partial charge in [0.15, 0.2) is 0 Å². The summed E-state index contributed by atoms with van der Waals surface area (Å²) in [5.74, 6) is 0.713. The molecule has 0 spiro atoms. The molecular formula is C16H21N5O2S. The molecule has 1 aromatic carbocycles. The van der Waals surface area contributed by atoms with Crippen LogP contribution in [0.25, 0.3) is 5.69 Å². The summed E-state index contributed by atoms with van der Waals surface area (Å²) in [5, 5.41) is 9.75. The maximum absolute atomic E-state index is 11.7. The molecule has 0 aliphatic heterocycles. The van der Waals surface area contributed by atoms with Crippen LogP contribution in [0, 0.1) is 0 Å². The molecule has 24 heavy (non-hydrogen) atoms. The lowest BCUT2D eigenvalue weighted by atomic mass is 10.2. The van der Waals surface area contributed by atoms with Crippen molar-refractivity contribution in [1.82, 2.24) is 25.4 Å². The van der Waals surface area contributed by atoms with Gasteiger partial charge in [-0.1, -0.05) is 43.8 Å². The summed E-state index contributed by atoms with van der Waals surface area (Å²) >= 11 is 1.20. The van der Waals surface area contributed by atoms with E-state index >= 15 is 0 Å². The Bertz CT molecular complexity index is 700. The lowest BCUT2D eigenvalue weighted by molar-refractivity contribution is -0.117. The van der Waals surface area contributed by atoms with Crippen molar-refractivity contribution in [1.29, 1.82) is 0 Å². The maximum Gasteiger partial charge on any atom is 0.321 e. The molecule has 1 aromatic heterocycles. The van der Waals surface area contributed by atoms with E-state index in [1.54, 1.807) is 11.6 Å². The van der Waals surface area contributed by atoms with E-state index in [-0.39, 0.29) is 17.6 Å². The lowest BCUT2D eigenvalue weighted by Gasteiger charge is -2.07. The van der Waals surface area contributed by atoms with Gasteiger partial charge in [-0.05, 0) is 19.1 Å². The highest BCUT2D eigenvalue weighted by atomic mass is 32.2. The molecule has 8 heteroatoms. The first-order chi connectivity index (χ1) is 11.5. The fourth-order valence-corrected chi connectivity index (χ4v) is 2.63. The third-order valence-corrected chi connectivity index (χ3v) is 3.89. The van der Waals surface area contributed by atoms with Crippen molar-refractivity contribution in [3.05, 3.63) is 36.2 Å². The Morgan fingerprint density at radius 3 is 2.58 bits per heavy atom. The molecule has 0 saturated carbocycles. The average Bonchev–Trinajstić information content (AvgIpc) is 2.98. The summed E-state index contributed by atoms with van der Waals surface area (Å²) in [6.07, 6.45) is 0. The SMILES string of the molecule is CCNC(=O)NC(=O)CSc1nc(C(C)C)n(-c2ccccc2)n1. The third kappa shape index (κ3) is 4.82. The van der Waals surface area contributed by atoms with Crippen LogP contribution in [0.4, 0.5) is 4.79 Å². The fourth-order valence-electron chi connectivity index (χ4n) is 2.00. The van der Waals surface area contributed by atoms with E-state index in [1.807, 2.05) is 44.2 Å². The molecule has 0 aliphatic carbocycles. The first-order valence-electron chi connectivity index (χ1n) is 7.74. The van der Waals surface area contributed by atoms with Crippen molar-refractivity contribution in [2.75, 3.05) is 12.3 Å². The Morgan fingerprint density at radius 2 is 1.96 bits per heavy atom. The van der Waals surface area contributed by atoms with Crippen LogP contribution >= 0.6 is 11.8 Å². The van der Waals surface area contributed by atoms with E-state index in [0.29, 0.717) is 11.7 Å². The number of carbonyl (C=O) groups is 2. The fraction of sp³-hybridized carbons (Fsp3) is 0.375.